The number of hydrogen-bond donors (Lipinski definition) is 2. The Morgan fingerprint density at radius 3 is 2.55 bits per heavy atom. The molecule has 104 valence electrons. The van der Waals surface area contributed by atoms with Crippen LogP contribution in [0.5, 0.6) is 5.75 Å². The molecule has 1 aromatic heterocycles. The van der Waals surface area contributed by atoms with Crippen molar-refractivity contribution in [2.45, 2.75) is 6.92 Å². The molecule has 0 atom stereocenters. The minimum atomic E-state index is -1.11. The van der Waals surface area contributed by atoms with E-state index in [4.69, 9.17) is 21.4 Å². The number of aromatic nitrogens is 2. The van der Waals surface area contributed by atoms with E-state index in [0.29, 0.717) is 11.6 Å². The highest BCUT2D eigenvalue weighted by Gasteiger charge is 2.15. The summed E-state index contributed by atoms with van der Waals surface area (Å²) in [5.41, 5.74) is 1.39. The van der Waals surface area contributed by atoms with E-state index in [1.165, 1.54) is 19.2 Å². The second-order valence-electron chi connectivity index (χ2n) is 4.05. The summed E-state index contributed by atoms with van der Waals surface area (Å²) in [7, 11) is 1.39. The first-order chi connectivity index (χ1) is 9.51. The molecule has 0 saturated heterocycles. The number of benzene rings is 1. The van der Waals surface area contributed by atoms with Crippen molar-refractivity contribution in [3.8, 4) is 5.75 Å². The van der Waals surface area contributed by atoms with Gasteiger partial charge in [-0.2, -0.15) is 0 Å². The first-order valence-corrected chi connectivity index (χ1v) is 6.05. The number of hydrogen-bond acceptors (Lipinski definition) is 5. The minimum absolute atomic E-state index is 0.00660. The number of aromatic carboxylic acids is 1. The maximum absolute atomic E-state index is 11.1. The van der Waals surface area contributed by atoms with E-state index in [1.54, 1.807) is 12.4 Å². The molecular formula is C13H12ClN3O3. The Balaban J connectivity index is 2.37. The molecule has 6 nitrogen and oxygen atoms in total. The Bertz CT molecular complexity index is 644. The topological polar surface area (TPSA) is 84.3 Å². The van der Waals surface area contributed by atoms with E-state index in [9.17, 15) is 4.79 Å². The van der Waals surface area contributed by atoms with Crippen LogP contribution in [-0.4, -0.2) is 28.2 Å². The van der Waals surface area contributed by atoms with Crippen molar-refractivity contribution in [3.05, 3.63) is 40.7 Å². The summed E-state index contributed by atoms with van der Waals surface area (Å²) < 4.78 is 5.04. The maximum Gasteiger partial charge on any atom is 0.339 e. The number of carbonyl (C=O) groups is 1. The molecule has 0 aliphatic rings. The van der Waals surface area contributed by atoms with Crippen LogP contribution in [0, 0.1) is 6.92 Å². The van der Waals surface area contributed by atoms with E-state index < -0.39 is 5.97 Å². The Kier molecular flexibility index (Phi) is 4.05. The van der Waals surface area contributed by atoms with E-state index in [2.05, 4.69) is 15.3 Å². The number of anilines is 2. The molecule has 0 amide bonds. The number of aryl methyl sites for hydroxylation is 1. The van der Waals surface area contributed by atoms with Crippen LogP contribution in [0.2, 0.25) is 5.02 Å². The monoisotopic (exact) mass is 293 g/mol. The van der Waals surface area contributed by atoms with E-state index >= 15 is 0 Å². The zero-order valence-electron chi connectivity index (χ0n) is 10.8. The van der Waals surface area contributed by atoms with Crippen LogP contribution in [0.25, 0.3) is 0 Å². The van der Waals surface area contributed by atoms with Gasteiger partial charge in [-0.1, -0.05) is 11.6 Å². The summed E-state index contributed by atoms with van der Waals surface area (Å²) in [6.07, 6.45) is 3.32. The van der Waals surface area contributed by atoms with E-state index in [0.717, 1.165) is 5.56 Å². The highest BCUT2D eigenvalue weighted by Crippen LogP contribution is 2.32. The average molecular weight is 294 g/mol. The van der Waals surface area contributed by atoms with Gasteiger partial charge < -0.3 is 15.2 Å². The van der Waals surface area contributed by atoms with Crippen LogP contribution in [0.3, 0.4) is 0 Å². The quantitative estimate of drug-likeness (QED) is 0.901. The smallest absolute Gasteiger partial charge is 0.339 e. The van der Waals surface area contributed by atoms with Gasteiger partial charge in [0.05, 0.1) is 17.8 Å². The summed E-state index contributed by atoms with van der Waals surface area (Å²) in [6, 6.07) is 2.81. The Labute approximate surface area is 120 Å². The van der Waals surface area contributed by atoms with Gasteiger partial charge in [0.2, 0.25) is 5.95 Å². The summed E-state index contributed by atoms with van der Waals surface area (Å²) in [5.74, 6) is -0.541. The van der Waals surface area contributed by atoms with Crippen LogP contribution in [0.4, 0.5) is 11.6 Å². The van der Waals surface area contributed by atoms with Gasteiger partial charge in [-0.05, 0) is 18.6 Å². The van der Waals surface area contributed by atoms with E-state index in [-0.39, 0.29) is 16.3 Å². The highest BCUT2D eigenvalue weighted by molar-refractivity contribution is 6.33. The standard InChI is InChI=1S/C13H12ClN3O3/c1-7-5-15-13(16-6-7)17-10-4-11(20-2)8(12(18)19)3-9(10)14/h3-6H,1-2H3,(H,18,19)(H,15,16,17). The molecule has 0 saturated carbocycles. The number of nitrogens with one attached hydrogen (secondary N) is 1. The molecule has 1 heterocycles. The van der Waals surface area contributed by atoms with Crippen molar-refractivity contribution >= 4 is 29.2 Å². The number of carboxylic acids is 1. The lowest BCUT2D eigenvalue weighted by Gasteiger charge is -2.11. The van der Waals surface area contributed by atoms with Crippen LogP contribution in [-0.2, 0) is 0 Å². The lowest BCUT2D eigenvalue weighted by atomic mass is 10.2. The maximum atomic E-state index is 11.1. The molecule has 7 heteroatoms. The van der Waals surface area contributed by atoms with Crippen LogP contribution in [0.15, 0.2) is 24.5 Å². The lowest BCUT2D eigenvalue weighted by molar-refractivity contribution is 0.0693. The molecule has 0 aliphatic heterocycles. The molecular weight excluding hydrogens is 282 g/mol. The number of nitrogens with zero attached hydrogens (tertiary/aromatic N) is 2. The lowest BCUT2D eigenvalue weighted by Crippen LogP contribution is -2.03. The Morgan fingerprint density at radius 2 is 2.00 bits per heavy atom. The number of methoxy groups -OCH3 is 1. The van der Waals surface area contributed by atoms with Crippen LogP contribution < -0.4 is 10.1 Å². The number of carboxylic acid groups (broad SMARTS) is 1. The van der Waals surface area contributed by atoms with Gasteiger partial charge in [-0.25, -0.2) is 14.8 Å². The Hall–Kier alpha value is -2.34. The third kappa shape index (κ3) is 2.97. The van der Waals surface area contributed by atoms with Crippen LogP contribution in [0.1, 0.15) is 15.9 Å². The normalized spacial score (nSPS) is 10.2. The molecule has 0 aliphatic carbocycles. The van der Waals surface area contributed by atoms with Gasteiger partial charge in [-0.15, -0.1) is 0 Å². The highest BCUT2D eigenvalue weighted by atomic mass is 35.5. The first-order valence-electron chi connectivity index (χ1n) is 5.67. The van der Waals surface area contributed by atoms with Gasteiger partial charge in [0, 0.05) is 18.5 Å². The molecule has 2 N–H and O–H groups in total. The molecule has 0 fully saturated rings. The van der Waals surface area contributed by atoms with Crippen LogP contribution >= 0.6 is 11.6 Å². The fraction of sp³-hybridized carbons (Fsp3) is 0.154. The third-order valence-corrected chi connectivity index (χ3v) is 2.86. The first kappa shape index (κ1) is 14.1. The zero-order valence-corrected chi connectivity index (χ0v) is 11.6. The van der Waals surface area contributed by atoms with Crippen molar-refractivity contribution in [3.63, 3.8) is 0 Å². The van der Waals surface area contributed by atoms with Crippen molar-refractivity contribution in [2.75, 3.05) is 12.4 Å². The predicted octanol–water partition coefficient (Wildman–Crippen LogP) is 2.89. The summed E-state index contributed by atoms with van der Waals surface area (Å²) in [4.78, 5) is 19.2. The van der Waals surface area contributed by atoms with Crippen molar-refractivity contribution in [1.29, 1.82) is 0 Å². The molecule has 1 aromatic carbocycles. The predicted molar refractivity (Wildman–Crippen MR) is 75.0 cm³/mol. The average Bonchev–Trinajstić information content (AvgIpc) is 2.42. The van der Waals surface area contributed by atoms with Crippen molar-refractivity contribution in [2.24, 2.45) is 0 Å². The van der Waals surface area contributed by atoms with Gasteiger partial charge in [0.1, 0.15) is 11.3 Å². The number of ether oxygens (including phenoxy) is 1. The SMILES string of the molecule is COc1cc(Nc2ncc(C)cn2)c(Cl)cc1C(=O)O. The largest absolute Gasteiger partial charge is 0.496 e. The summed E-state index contributed by atoms with van der Waals surface area (Å²) >= 11 is 6.05. The summed E-state index contributed by atoms with van der Waals surface area (Å²) in [6.45, 7) is 1.88. The third-order valence-electron chi connectivity index (χ3n) is 2.55. The second kappa shape index (κ2) is 5.75. The molecule has 2 rings (SSSR count). The summed E-state index contributed by atoms with van der Waals surface area (Å²) in [5, 5.41) is 12.2. The fourth-order valence-corrected chi connectivity index (χ4v) is 1.77. The molecule has 20 heavy (non-hydrogen) atoms. The molecule has 0 bridgehead atoms. The van der Waals surface area contributed by atoms with Crippen molar-refractivity contribution < 1.29 is 14.6 Å². The number of halogens is 1. The Morgan fingerprint density at radius 1 is 1.35 bits per heavy atom. The van der Waals surface area contributed by atoms with Crippen molar-refractivity contribution in [1.82, 2.24) is 9.97 Å². The molecule has 0 radical (unpaired) electrons. The second-order valence-corrected chi connectivity index (χ2v) is 4.45. The number of rotatable bonds is 4. The fourth-order valence-electron chi connectivity index (χ4n) is 1.56. The molecule has 2 aromatic rings. The zero-order chi connectivity index (χ0) is 14.7. The van der Waals surface area contributed by atoms with Gasteiger partial charge >= 0.3 is 5.97 Å². The van der Waals surface area contributed by atoms with Gasteiger partial charge in [0.15, 0.2) is 0 Å². The van der Waals surface area contributed by atoms with E-state index in [1.807, 2.05) is 6.92 Å². The minimum Gasteiger partial charge on any atom is -0.496 e. The molecule has 0 unspecified atom stereocenters. The van der Waals surface area contributed by atoms with Gasteiger partial charge in [0.25, 0.3) is 0 Å². The molecule has 0 spiro atoms. The van der Waals surface area contributed by atoms with Gasteiger partial charge in [-0.3, -0.25) is 0 Å².